The van der Waals surface area contributed by atoms with Crippen molar-refractivity contribution in [2.45, 2.75) is 6.42 Å². The summed E-state index contributed by atoms with van der Waals surface area (Å²) in [7, 11) is 1.87. The van der Waals surface area contributed by atoms with Crippen molar-refractivity contribution in [1.82, 2.24) is 9.78 Å². The summed E-state index contributed by atoms with van der Waals surface area (Å²) < 4.78 is 1.74. The van der Waals surface area contributed by atoms with E-state index in [1.54, 1.807) is 10.9 Å². The third kappa shape index (κ3) is 1.69. The first-order chi connectivity index (χ1) is 8.24. The molecular formula is C14H12N2O. The topological polar surface area (TPSA) is 34.9 Å². The number of nitrogens with zero attached hydrogens (tertiary/aromatic N) is 2. The monoisotopic (exact) mass is 224 g/mol. The van der Waals surface area contributed by atoms with Crippen molar-refractivity contribution in [1.29, 1.82) is 0 Å². The minimum absolute atomic E-state index is 0.143. The van der Waals surface area contributed by atoms with Gasteiger partial charge in [-0.05, 0) is 11.6 Å². The zero-order valence-corrected chi connectivity index (χ0v) is 9.55. The van der Waals surface area contributed by atoms with Gasteiger partial charge in [0.25, 0.3) is 0 Å². The Labute approximate surface area is 99.4 Å². The molecule has 1 aromatic heterocycles. The molecule has 0 bridgehead atoms. The summed E-state index contributed by atoms with van der Waals surface area (Å²) in [4.78, 5) is 12.1. The molecule has 3 nitrogen and oxygen atoms in total. The van der Waals surface area contributed by atoms with Gasteiger partial charge >= 0.3 is 0 Å². The van der Waals surface area contributed by atoms with E-state index in [9.17, 15) is 4.79 Å². The van der Waals surface area contributed by atoms with Crippen LogP contribution in [-0.2, 0) is 13.5 Å². The summed E-state index contributed by atoms with van der Waals surface area (Å²) in [6, 6.07) is 7.78. The average molecular weight is 224 g/mol. The first-order valence-electron chi connectivity index (χ1n) is 5.56. The average Bonchev–Trinajstić information content (AvgIpc) is 2.86. The molecule has 0 saturated carbocycles. The predicted octanol–water partition coefficient (Wildman–Crippen LogP) is 2.24. The fourth-order valence-corrected chi connectivity index (χ4v) is 2.19. The number of carbonyl (C=O) groups excluding carboxylic acids is 1. The lowest BCUT2D eigenvalue weighted by Gasteiger charge is -1.92. The van der Waals surface area contributed by atoms with Crippen LogP contribution in [0, 0.1) is 0 Å². The molecule has 84 valence electrons. The summed E-state index contributed by atoms with van der Waals surface area (Å²) in [6.45, 7) is 0. The molecule has 0 spiro atoms. The van der Waals surface area contributed by atoms with Crippen LogP contribution in [-0.4, -0.2) is 15.6 Å². The standard InChI is InChI=1S/C14H12N2O/c1-16-9-10(8-15-16)6-12-7-11-4-2-3-5-13(11)14(12)17/h2-6,8-9H,7H2,1H3/b12-6-. The van der Waals surface area contributed by atoms with Crippen molar-refractivity contribution in [3.8, 4) is 0 Å². The van der Waals surface area contributed by atoms with Gasteiger partial charge in [0.05, 0.1) is 6.20 Å². The Kier molecular flexibility index (Phi) is 2.18. The Morgan fingerprint density at radius 1 is 1.35 bits per heavy atom. The van der Waals surface area contributed by atoms with Crippen LogP contribution in [0.25, 0.3) is 6.08 Å². The summed E-state index contributed by atoms with van der Waals surface area (Å²) in [5.41, 5.74) is 3.78. The van der Waals surface area contributed by atoms with E-state index in [2.05, 4.69) is 5.10 Å². The number of aryl methyl sites for hydroxylation is 1. The Hall–Kier alpha value is -2.16. The number of Topliss-reactive ketones (excluding diaryl/α,β-unsaturated/α-hetero) is 1. The van der Waals surface area contributed by atoms with Crippen molar-refractivity contribution in [2.75, 3.05) is 0 Å². The van der Waals surface area contributed by atoms with Gasteiger partial charge in [0.1, 0.15) is 0 Å². The molecule has 0 fully saturated rings. The smallest absolute Gasteiger partial charge is 0.189 e. The zero-order valence-electron chi connectivity index (χ0n) is 9.55. The van der Waals surface area contributed by atoms with Crippen LogP contribution in [0.5, 0.6) is 0 Å². The second-order valence-corrected chi connectivity index (χ2v) is 4.28. The Morgan fingerprint density at radius 2 is 2.18 bits per heavy atom. The number of aromatic nitrogens is 2. The Balaban J connectivity index is 1.99. The first-order valence-corrected chi connectivity index (χ1v) is 5.56. The van der Waals surface area contributed by atoms with Crippen LogP contribution < -0.4 is 0 Å². The molecule has 1 aliphatic rings. The molecule has 0 unspecified atom stereocenters. The molecule has 3 rings (SSSR count). The molecular weight excluding hydrogens is 212 g/mol. The molecule has 0 amide bonds. The maximum absolute atomic E-state index is 12.1. The normalized spacial score (nSPS) is 16.5. The van der Waals surface area contributed by atoms with Gasteiger partial charge in [-0.2, -0.15) is 5.10 Å². The van der Waals surface area contributed by atoms with E-state index in [0.29, 0.717) is 0 Å². The third-order valence-electron chi connectivity index (χ3n) is 3.00. The summed E-state index contributed by atoms with van der Waals surface area (Å²) in [5, 5.41) is 4.09. The highest BCUT2D eigenvalue weighted by Crippen LogP contribution is 2.27. The maximum atomic E-state index is 12.1. The van der Waals surface area contributed by atoms with E-state index < -0.39 is 0 Å². The van der Waals surface area contributed by atoms with Gasteiger partial charge in [-0.3, -0.25) is 9.48 Å². The van der Waals surface area contributed by atoms with E-state index in [-0.39, 0.29) is 5.78 Å². The number of carbonyl (C=O) groups is 1. The van der Waals surface area contributed by atoms with Gasteiger partial charge in [-0.15, -0.1) is 0 Å². The van der Waals surface area contributed by atoms with E-state index in [0.717, 1.165) is 28.7 Å². The van der Waals surface area contributed by atoms with Crippen molar-refractivity contribution < 1.29 is 4.79 Å². The molecule has 0 saturated heterocycles. The van der Waals surface area contributed by atoms with Gasteiger partial charge < -0.3 is 0 Å². The van der Waals surface area contributed by atoms with Crippen LogP contribution in [0.15, 0.2) is 42.2 Å². The largest absolute Gasteiger partial charge is 0.289 e. The fourth-order valence-electron chi connectivity index (χ4n) is 2.19. The number of hydrogen-bond acceptors (Lipinski definition) is 2. The predicted molar refractivity (Wildman–Crippen MR) is 65.7 cm³/mol. The molecule has 17 heavy (non-hydrogen) atoms. The summed E-state index contributed by atoms with van der Waals surface area (Å²) in [5.74, 6) is 0.143. The highest BCUT2D eigenvalue weighted by atomic mass is 16.1. The zero-order chi connectivity index (χ0) is 11.8. The Bertz CT molecular complexity index is 623. The molecule has 0 atom stereocenters. The van der Waals surface area contributed by atoms with Crippen LogP contribution in [0.4, 0.5) is 0 Å². The lowest BCUT2D eigenvalue weighted by atomic mass is 10.1. The number of rotatable bonds is 1. The van der Waals surface area contributed by atoms with Gasteiger partial charge in [-0.25, -0.2) is 0 Å². The SMILES string of the molecule is Cn1cc(/C=C2/Cc3ccccc3C2=O)cn1. The molecule has 2 aromatic rings. The number of benzene rings is 1. The molecule has 1 aliphatic carbocycles. The third-order valence-corrected chi connectivity index (χ3v) is 3.00. The van der Waals surface area contributed by atoms with E-state index in [1.165, 1.54) is 0 Å². The second kappa shape index (κ2) is 3.70. The molecule has 0 aliphatic heterocycles. The van der Waals surface area contributed by atoms with Crippen molar-refractivity contribution in [2.24, 2.45) is 7.05 Å². The Morgan fingerprint density at radius 3 is 2.88 bits per heavy atom. The second-order valence-electron chi connectivity index (χ2n) is 4.28. The lowest BCUT2D eigenvalue weighted by molar-refractivity contribution is 0.104. The maximum Gasteiger partial charge on any atom is 0.189 e. The first kappa shape index (κ1) is 10.0. The van der Waals surface area contributed by atoms with Gasteiger partial charge in [-0.1, -0.05) is 24.3 Å². The quantitative estimate of drug-likeness (QED) is 0.696. The number of fused-ring (bicyclic) bond motifs is 1. The minimum Gasteiger partial charge on any atom is -0.289 e. The summed E-state index contributed by atoms with van der Waals surface area (Å²) >= 11 is 0. The van der Waals surface area contributed by atoms with Gasteiger partial charge in [0.15, 0.2) is 5.78 Å². The van der Waals surface area contributed by atoms with Crippen LogP contribution >= 0.6 is 0 Å². The number of allylic oxidation sites excluding steroid dienone is 1. The van der Waals surface area contributed by atoms with Gasteiger partial charge in [0.2, 0.25) is 0 Å². The molecule has 0 radical (unpaired) electrons. The number of ketones is 1. The van der Waals surface area contributed by atoms with E-state index in [1.807, 2.05) is 43.6 Å². The van der Waals surface area contributed by atoms with Crippen LogP contribution in [0.1, 0.15) is 21.5 Å². The molecule has 1 aromatic carbocycles. The number of hydrogen-bond donors (Lipinski definition) is 0. The summed E-state index contributed by atoms with van der Waals surface area (Å²) in [6.07, 6.45) is 6.33. The van der Waals surface area contributed by atoms with Crippen molar-refractivity contribution in [3.05, 3.63) is 58.9 Å². The highest BCUT2D eigenvalue weighted by Gasteiger charge is 2.23. The molecule has 3 heteroatoms. The fraction of sp³-hybridized carbons (Fsp3) is 0.143. The van der Waals surface area contributed by atoms with E-state index >= 15 is 0 Å². The highest BCUT2D eigenvalue weighted by molar-refractivity contribution is 6.15. The molecule has 0 N–H and O–H groups in total. The van der Waals surface area contributed by atoms with Crippen LogP contribution in [0.2, 0.25) is 0 Å². The van der Waals surface area contributed by atoms with Crippen molar-refractivity contribution in [3.63, 3.8) is 0 Å². The van der Waals surface area contributed by atoms with E-state index in [4.69, 9.17) is 0 Å². The molecule has 1 heterocycles. The minimum atomic E-state index is 0.143. The van der Waals surface area contributed by atoms with Gasteiger partial charge in [0, 0.05) is 36.4 Å². The van der Waals surface area contributed by atoms with Crippen molar-refractivity contribution >= 4 is 11.9 Å². The lowest BCUT2D eigenvalue weighted by Crippen LogP contribution is -1.94. The van der Waals surface area contributed by atoms with Crippen LogP contribution in [0.3, 0.4) is 0 Å².